The zero-order chi connectivity index (χ0) is 7.84. The molecule has 0 atom stereocenters. The molecule has 0 amide bonds. The second-order valence-corrected chi connectivity index (χ2v) is 2.78. The molecule has 4 N–H and O–H groups in total. The lowest BCUT2D eigenvalue weighted by molar-refractivity contribution is 1.15. The zero-order valence-electron chi connectivity index (χ0n) is 5.88. The van der Waals surface area contributed by atoms with Crippen LogP contribution in [0.15, 0.2) is 4.40 Å². The van der Waals surface area contributed by atoms with Crippen LogP contribution < -0.4 is 10.5 Å². The zero-order valence-corrected chi connectivity index (χ0v) is 6.70. The van der Waals surface area contributed by atoms with Crippen LogP contribution in [-0.2, 0) is 0 Å². The molecule has 2 rings (SSSR count). The van der Waals surface area contributed by atoms with Crippen molar-refractivity contribution in [3.05, 3.63) is 11.5 Å². The molecule has 1 aromatic rings. The first kappa shape index (κ1) is 6.53. The maximum atomic E-state index is 5.58. The van der Waals surface area contributed by atoms with Gasteiger partial charge in [0.25, 0.3) is 0 Å². The highest BCUT2D eigenvalue weighted by atomic mass is 32.2. The van der Waals surface area contributed by atoms with E-state index >= 15 is 0 Å². The average molecular weight is 169 g/mol. The van der Waals surface area contributed by atoms with Crippen LogP contribution >= 0.6 is 12.1 Å². The third-order valence-corrected chi connectivity index (χ3v) is 1.94. The van der Waals surface area contributed by atoms with Crippen molar-refractivity contribution >= 4 is 23.8 Å². The van der Waals surface area contributed by atoms with Crippen LogP contribution in [0, 0.1) is 6.92 Å². The number of amidine groups is 1. The van der Waals surface area contributed by atoms with Crippen LogP contribution in [0.4, 0.5) is 5.82 Å². The van der Waals surface area contributed by atoms with Gasteiger partial charge in [-0.05, 0) is 6.92 Å². The Balaban J connectivity index is 2.55. The van der Waals surface area contributed by atoms with Crippen molar-refractivity contribution in [1.82, 2.24) is 9.97 Å². The number of rotatable bonds is 0. The number of nitrogens with one attached hydrogen (secondary N) is 2. The van der Waals surface area contributed by atoms with Gasteiger partial charge in [-0.2, -0.15) is 4.40 Å². The Morgan fingerprint density at radius 1 is 1.55 bits per heavy atom. The van der Waals surface area contributed by atoms with E-state index in [2.05, 4.69) is 19.1 Å². The number of nitrogens with zero attached hydrogens (tertiary/aromatic N) is 2. The third-order valence-electron chi connectivity index (χ3n) is 1.36. The largest absolute Gasteiger partial charge is 0.381 e. The molecule has 0 fully saturated rings. The molecule has 6 heteroatoms. The lowest BCUT2D eigenvalue weighted by Gasteiger charge is -2.06. The standard InChI is InChI=1S/C5H7N5S/c1-2-7-3-4(6)9-11-10-5(3)8-2/h10H,1H3,(H2,6,9)(H,7,8). The van der Waals surface area contributed by atoms with E-state index in [1.807, 2.05) is 6.92 Å². The van der Waals surface area contributed by atoms with Gasteiger partial charge in [0, 0.05) is 0 Å². The molecule has 0 saturated heterocycles. The van der Waals surface area contributed by atoms with Gasteiger partial charge in [-0.15, -0.1) is 0 Å². The predicted molar refractivity (Wildman–Crippen MR) is 45.3 cm³/mol. The molecule has 0 aromatic carbocycles. The third kappa shape index (κ3) is 0.949. The van der Waals surface area contributed by atoms with Crippen molar-refractivity contribution < 1.29 is 0 Å². The van der Waals surface area contributed by atoms with E-state index in [0.29, 0.717) is 5.84 Å². The highest BCUT2D eigenvalue weighted by molar-refractivity contribution is 7.99. The first-order chi connectivity index (χ1) is 5.27. The Labute approximate surface area is 67.8 Å². The van der Waals surface area contributed by atoms with Gasteiger partial charge in [-0.3, -0.25) is 4.72 Å². The number of imidazole rings is 1. The van der Waals surface area contributed by atoms with E-state index in [9.17, 15) is 0 Å². The topological polar surface area (TPSA) is 79.1 Å². The fraction of sp³-hybridized carbons (Fsp3) is 0.200. The molecule has 58 valence electrons. The first-order valence-corrected chi connectivity index (χ1v) is 3.87. The van der Waals surface area contributed by atoms with E-state index in [-0.39, 0.29) is 0 Å². The van der Waals surface area contributed by atoms with Crippen LogP contribution in [0.3, 0.4) is 0 Å². The molecular weight excluding hydrogens is 162 g/mol. The molecule has 0 saturated carbocycles. The summed E-state index contributed by atoms with van der Waals surface area (Å²) in [6.07, 6.45) is 0. The number of hydrogen-bond donors (Lipinski definition) is 3. The summed E-state index contributed by atoms with van der Waals surface area (Å²) in [5.74, 6) is 2.09. The van der Waals surface area contributed by atoms with Gasteiger partial charge >= 0.3 is 0 Å². The predicted octanol–water partition coefficient (Wildman–Crippen LogP) is 0.412. The number of nitrogens with two attached hydrogens (primary N) is 1. The minimum atomic E-state index is 0.490. The molecular formula is C5H7N5S. The van der Waals surface area contributed by atoms with Crippen molar-refractivity contribution in [3.63, 3.8) is 0 Å². The monoisotopic (exact) mass is 169 g/mol. The van der Waals surface area contributed by atoms with E-state index < -0.39 is 0 Å². The Bertz CT molecular complexity index is 315. The number of anilines is 1. The van der Waals surface area contributed by atoms with Gasteiger partial charge in [0.2, 0.25) is 0 Å². The number of aromatic nitrogens is 2. The fourth-order valence-corrected chi connectivity index (χ4v) is 1.38. The van der Waals surface area contributed by atoms with Gasteiger partial charge in [-0.25, -0.2) is 4.98 Å². The van der Waals surface area contributed by atoms with E-state index in [1.54, 1.807) is 0 Å². The summed E-state index contributed by atoms with van der Waals surface area (Å²) in [6, 6.07) is 0. The van der Waals surface area contributed by atoms with Gasteiger partial charge in [0.1, 0.15) is 11.5 Å². The van der Waals surface area contributed by atoms with Crippen LogP contribution in [0.25, 0.3) is 0 Å². The summed E-state index contributed by atoms with van der Waals surface area (Å²) in [5, 5.41) is 0. The normalized spacial score (nSPS) is 15.2. The summed E-state index contributed by atoms with van der Waals surface area (Å²) >= 11 is 1.19. The second kappa shape index (κ2) is 2.16. The van der Waals surface area contributed by atoms with Crippen LogP contribution in [-0.4, -0.2) is 15.8 Å². The summed E-state index contributed by atoms with van der Waals surface area (Å²) in [7, 11) is 0. The van der Waals surface area contributed by atoms with Gasteiger partial charge in [0.05, 0.1) is 12.1 Å². The average Bonchev–Trinajstić information content (AvgIpc) is 2.31. The molecule has 0 unspecified atom stereocenters. The van der Waals surface area contributed by atoms with Crippen LogP contribution in [0.2, 0.25) is 0 Å². The number of fused-ring (bicyclic) bond motifs is 1. The Morgan fingerprint density at radius 2 is 2.36 bits per heavy atom. The van der Waals surface area contributed by atoms with Crippen LogP contribution in [0.1, 0.15) is 11.5 Å². The molecule has 0 aliphatic carbocycles. The Morgan fingerprint density at radius 3 is 3.09 bits per heavy atom. The number of hydrogen-bond acceptors (Lipinski definition) is 5. The molecule has 0 bridgehead atoms. The number of H-pyrrole nitrogens is 1. The SMILES string of the molecule is Cc1nc2c([nH]1)C(N)=NSN2. The van der Waals surface area contributed by atoms with E-state index in [1.165, 1.54) is 12.1 Å². The molecule has 2 heterocycles. The minimum Gasteiger partial charge on any atom is -0.381 e. The van der Waals surface area contributed by atoms with Crippen molar-refractivity contribution in [2.75, 3.05) is 4.72 Å². The summed E-state index contributed by atoms with van der Waals surface area (Å²) < 4.78 is 6.83. The molecule has 11 heavy (non-hydrogen) atoms. The van der Waals surface area contributed by atoms with E-state index in [4.69, 9.17) is 5.73 Å². The van der Waals surface area contributed by atoms with Crippen molar-refractivity contribution in [2.45, 2.75) is 6.92 Å². The van der Waals surface area contributed by atoms with Crippen molar-refractivity contribution in [1.29, 1.82) is 0 Å². The van der Waals surface area contributed by atoms with Crippen molar-refractivity contribution in [2.24, 2.45) is 10.1 Å². The first-order valence-electron chi connectivity index (χ1n) is 3.10. The lowest BCUT2D eigenvalue weighted by atomic mass is 10.4. The quantitative estimate of drug-likeness (QED) is 0.491. The summed E-state index contributed by atoms with van der Waals surface area (Å²) in [6.45, 7) is 1.87. The van der Waals surface area contributed by atoms with Crippen LogP contribution in [0.5, 0.6) is 0 Å². The molecule has 1 aliphatic rings. The molecule has 0 spiro atoms. The second-order valence-electron chi connectivity index (χ2n) is 2.22. The van der Waals surface area contributed by atoms with Crippen molar-refractivity contribution in [3.8, 4) is 0 Å². The van der Waals surface area contributed by atoms with E-state index in [0.717, 1.165) is 17.3 Å². The lowest BCUT2D eigenvalue weighted by Crippen LogP contribution is -2.17. The Kier molecular flexibility index (Phi) is 1.28. The van der Waals surface area contributed by atoms with Gasteiger partial charge in [-0.1, -0.05) is 0 Å². The summed E-state index contributed by atoms with van der Waals surface area (Å²) in [5.41, 5.74) is 6.36. The molecule has 0 radical (unpaired) electrons. The highest BCUT2D eigenvalue weighted by Crippen LogP contribution is 2.21. The summed E-state index contributed by atoms with van der Waals surface area (Å²) in [4.78, 5) is 7.16. The Hall–Kier alpha value is -1.17. The molecule has 1 aliphatic heterocycles. The van der Waals surface area contributed by atoms with Gasteiger partial charge < -0.3 is 10.7 Å². The minimum absolute atomic E-state index is 0.490. The molecule has 5 nitrogen and oxygen atoms in total. The fourth-order valence-electron chi connectivity index (χ4n) is 0.912. The van der Waals surface area contributed by atoms with Gasteiger partial charge in [0.15, 0.2) is 11.7 Å². The molecule has 1 aromatic heterocycles. The smallest absolute Gasteiger partial charge is 0.166 e. The number of aryl methyl sites for hydroxylation is 1. The maximum Gasteiger partial charge on any atom is 0.166 e. The highest BCUT2D eigenvalue weighted by Gasteiger charge is 2.15. The maximum absolute atomic E-state index is 5.58. The number of aromatic amines is 1.